The van der Waals surface area contributed by atoms with Crippen LogP contribution in [0.1, 0.15) is 29.7 Å². The van der Waals surface area contributed by atoms with Crippen molar-refractivity contribution in [3.8, 4) is 11.5 Å². The van der Waals surface area contributed by atoms with Crippen molar-refractivity contribution in [1.29, 1.82) is 0 Å². The molecule has 0 amide bonds. The Hall–Kier alpha value is -2.57. The number of anilines is 1. The van der Waals surface area contributed by atoms with Crippen molar-refractivity contribution in [3.05, 3.63) is 88.1 Å². The smallest absolute Gasteiger partial charge is 0.161 e. The summed E-state index contributed by atoms with van der Waals surface area (Å²) in [6, 6.07) is 19.1. The first-order chi connectivity index (χ1) is 14.0. The van der Waals surface area contributed by atoms with Crippen LogP contribution in [0.5, 0.6) is 11.5 Å². The topological polar surface area (TPSA) is 50.7 Å². The summed E-state index contributed by atoms with van der Waals surface area (Å²) in [5.41, 5.74) is 2.50. The lowest BCUT2D eigenvalue weighted by Gasteiger charge is -2.24. The second-order valence-electron chi connectivity index (χ2n) is 6.62. The standard InChI is InChI=1S/C23H23BrFNO3/c1-28-22-12-5-16(13-23(22)29-2)20(26-19-10-8-18(25)9-11-19)14-21(27)15-3-6-17(24)7-4-15/h3-13,20-21,26-27H,14H2,1-2H3. The zero-order valence-electron chi connectivity index (χ0n) is 16.2. The van der Waals surface area contributed by atoms with E-state index in [0.29, 0.717) is 17.9 Å². The predicted octanol–water partition coefficient (Wildman–Crippen LogP) is 5.88. The fourth-order valence-corrected chi connectivity index (χ4v) is 3.40. The SMILES string of the molecule is COc1ccc(C(CC(O)c2ccc(Br)cc2)Nc2ccc(F)cc2)cc1OC. The van der Waals surface area contributed by atoms with Gasteiger partial charge in [-0.3, -0.25) is 0 Å². The molecule has 3 aromatic carbocycles. The normalized spacial score (nSPS) is 12.9. The van der Waals surface area contributed by atoms with Gasteiger partial charge in [0, 0.05) is 16.6 Å². The summed E-state index contributed by atoms with van der Waals surface area (Å²) in [5, 5.41) is 14.2. The van der Waals surface area contributed by atoms with Crippen molar-refractivity contribution < 1.29 is 19.0 Å². The number of nitrogens with one attached hydrogen (secondary N) is 1. The molecule has 3 rings (SSSR count). The molecule has 0 fully saturated rings. The van der Waals surface area contributed by atoms with Crippen LogP contribution in [0.3, 0.4) is 0 Å². The highest BCUT2D eigenvalue weighted by Crippen LogP contribution is 2.35. The van der Waals surface area contributed by atoms with Crippen LogP contribution in [0.4, 0.5) is 10.1 Å². The van der Waals surface area contributed by atoms with Gasteiger partial charge in [0.25, 0.3) is 0 Å². The second-order valence-corrected chi connectivity index (χ2v) is 7.54. The summed E-state index contributed by atoms with van der Waals surface area (Å²) >= 11 is 3.41. The molecule has 0 bridgehead atoms. The van der Waals surface area contributed by atoms with Crippen LogP contribution in [0, 0.1) is 5.82 Å². The van der Waals surface area contributed by atoms with E-state index in [-0.39, 0.29) is 11.9 Å². The maximum absolute atomic E-state index is 13.3. The lowest BCUT2D eigenvalue weighted by molar-refractivity contribution is 0.160. The number of halogens is 2. The van der Waals surface area contributed by atoms with Crippen molar-refractivity contribution >= 4 is 21.6 Å². The lowest BCUT2D eigenvalue weighted by atomic mass is 9.96. The Balaban J connectivity index is 1.90. The lowest BCUT2D eigenvalue weighted by Crippen LogP contribution is -2.15. The molecule has 0 aromatic heterocycles. The van der Waals surface area contributed by atoms with Crippen molar-refractivity contribution in [1.82, 2.24) is 0 Å². The minimum atomic E-state index is -0.686. The van der Waals surface area contributed by atoms with Gasteiger partial charge in [0.1, 0.15) is 5.82 Å². The summed E-state index contributed by atoms with van der Waals surface area (Å²) in [7, 11) is 3.17. The zero-order chi connectivity index (χ0) is 20.8. The molecular formula is C23H23BrFNO3. The van der Waals surface area contributed by atoms with E-state index in [4.69, 9.17) is 9.47 Å². The first-order valence-corrected chi connectivity index (χ1v) is 9.97. The highest BCUT2D eigenvalue weighted by molar-refractivity contribution is 9.10. The molecule has 0 saturated carbocycles. The maximum Gasteiger partial charge on any atom is 0.161 e. The van der Waals surface area contributed by atoms with Gasteiger partial charge in [-0.25, -0.2) is 4.39 Å². The average molecular weight is 460 g/mol. The fraction of sp³-hybridized carbons (Fsp3) is 0.217. The minimum Gasteiger partial charge on any atom is -0.493 e. The predicted molar refractivity (Wildman–Crippen MR) is 116 cm³/mol. The van der Waals surface area contributed by atoms with E-state index in [1.54, 1.807) is 26.4 Å². The molecule has 152 valence electrons. The Morgan fingerprint density at radius 1 is 0.897 bits per heavy atom. The molecular weight excluding hydrogens is 437 g/mol. The van der Waals surface area contributed by atoms with Crippen LogP contribution in [0.2, 0.25) is 0 Å². The summed E-state index contributed by atoms with van der Waals surface area (Å²) in [5.74, 6) is 0.937. The van der Waals surface area contributed by atoms with Gasteiger partial charge >= 0.3 is 0 Å². The molecule has 29 heavy (non-hydrogen) atoms. The van der Waals surface area contributed by atoms with Crippen molar-refractivity contribution in [2.45, 2.75) is 18.6 Å². The van der Waals surface area contributed by atoms with Crippen LogP contribution >= 0.6 is 15.9 Å². The van der Waals surface area contributed by atoms with Gasteiger partial charge in [0.05, 0.1) is 26.4 Å². The van der Waals surface area contributed by atoms with Crippen LogP contribution in [-0.4, -0.2) is 19.3 Å². The zero-order valence-corrected chi connectivity index (χ0v) is 17.8. The molecule has 0 radical (unpaired) electrons. The first kappa shape index (κ1) is 21.1. The third kappa shape index (κ3) is 5.49. The molecule has 0 saturated heterocycles. The molecule has 2 N–H and O–H groups in total. The van der Waals surface area contributed by atoms with E-state index in [1.165, 1.54) is 12.1 Å². The van der Waals surface area contributed by atoms with Gasteiger partial charge in [0.2, 0.25) is 0 Å². The highest BCUT2D eigenvalue weighted by Gasteiger charge is 2.20. The molecule has 2 atom stereocenters. The fourth-order valence-electron chi connectivity index (χ4n) is 3.14. The molecule has 3 aromatic rings. The quantitative estimate of drug-likeness (QED) is 0.441. The minimum absolute atomic E-state index is 0.237. The number of benzene rings is 3. The van der Waals surface area contributed by atoms with Crippen LogP contribution < -0.4 is 14.8 Å². The number of aliphatic hydroxyl groups excluding tert-OH is 1. The molecule has 4 nitrogen and oxygen atoms in total. The second kappa shape index (κ2) is 9.76. The third-order valence-electron chi connectivity index (χ3n) is 4.71. The number of hydrogen-bond acceptors (Lipinski definition) is 4. The Kier molecular flexibility index (Phi) is 7.12. The number of methoxy groups -OCH3 is 2. The van der Waals surface area contributed by atoms with Crippen LogP contribution in [0.25, 0.3) is 0 Å². The Bertz CT molecular complexity index is 932. The summed E-state index contributed by atoms with van der Waals surface area (Å²) in [6.07, 6.45) is -0.275. The van der Waals surface area contributed by atoms with E-state index in [9.17, 15) is 9.50 Å². The van der Waals surface area contributed by atoms with E-state index in [0.717, 1.165) is 21.3 Å². The van der Waals surface area contributed by atoms with Gasteiger partial charge in [-0.1, -0.05) is 34.1 Å². The van der Waals surface area contributed by atoms with Gasteiger partial charge in [-0.05, 0) is 59.7 Å². The van der Waals surface area contributed by atoms with Crippen molar-refractivity contribution in [3.63, 3.8) is 0 Å². The highest BCUT2D eigenvalue weighted by atomic mass is 79.9. The molecule has 0 aliphatic rings. The Labute approximate surface area is 178 Å². The number of hydrogen-bond donors (Lipinski definition) is 2. The third-order valence-corrected chi connectivity index (χ3v) is 5.24. The summed E-state index contributed by atoms with van der Waals surface area (Å²) in [6.45, 7) is 0. The van der Waals surface area contributed by atoms with E-state index >= 15 is 0 Å². The maximum atomic E-state index is 13.3. The molecule has 0 heterocycles. The van der Waals surface area contributed by atoms with Gasteiger partial charge in [0.15, 0.2) is 11.5 Å². The van der Waals surface area contributed by atoms with Crippen molar-refractivity contribution in [2.75, 3.05) is 19.5 Å². The Morgan fingerprint density at radius 2 is 1.52 bits per heavy atom. The van der Waals surface area contributed by atoms with E-state index in [2.05, 4.69) is 21.2 Å². The number of rotatable bonds is 8. The summed E-state index contributed by atoms with van der Waals surface area (Å²) in [4.78, 5) is 0. The number of aliphatic hydroxyl groups is 1. The van der Waals surface area contributed by atoms with Gasteiger partial charge < -0.3 is 19.9 Å². The molecule has 6 heteroatoms. The molecule has 2 unspecified atom stereocenters. The molecule has 0 aliphatic carbocycles. The monoisotopic (exact) mass is 459 g/mol. The molecule has 0 spiro atoms. The first-order valence-electron chi connectivity index (χ1n) is 9.17. The number of ether oxygens (including phenoxy) is 2. The van der Waals surface area contributed by atoms with E-state index in [1.807, 2.05) is 42.5 Å². The van der Waals surface area contributed by atoms with E-state index < -0.39 is 6.10 Å². The largest absolute Gasteiger partial charge is 0.493 e. The van der Waals surface area contributed by atoms with Gasteiger partial charge in [-0.15, -0.1) is 0 Å². The van der Waals surface area contributed by atoms with Gasteiger partial charge in [-0.2, -0.15) is 0 Å². The average Bonchev–Trinajstić information content (AvgIpc) is 2.74. The van der Waals surface area contributed by atoms with Crippen LogP contribution in [-0.2, 0) is 0 Å². The van der Waals surface area contributed by atoms with Crippen LogP contribution in [0.15, 0.2) is 71.2 Å². The summed E-state index contributed by atoms with van der Waals surface area (Å²) < 4.78 is 25.0. The Morgan fingerprint density at radius 3 is 2.14 bits per heavy atom. The molecule has 0 aliphatic heterocycles. The van der Waals surface area contributed by atoms with Crippen molar-refractivity contribution in [2.24, 2.45) is 0 Å².